The molecule has 0 saturated carbocycles. The zero-order valence-electron chi connectivity index (χ0n) is 15.2. The van der Waals surface area contributed by atoms with E-state index in [1.54, 1.807) is 20.8 Å². The smallest absolute Gasteiger partial charge is 0.416 e. The third-order valence-electron chi connectivity index (χ3n) is 2.93. The molecule has 0 fully saturated rings. The molecule has 11 heteroatoms. The highest BCUT2D eigenvalue weighted by molar-refractivity contribution is 5.92. The number of nitrogens with one attached hydrogen (secondary N) is 3. The first-order chi connectivity index (χ1) is 12.3. The number of aliphatic hydroxyl groups is 1. The molecule has 8 nitrogen and oxygen atoms in total. The molecule has 1 aromatic carbocycles. The number of halogens is 3. The van der Waals surface area contributed by atoms with E-state index in [9.17, 15) is 22.8 Å². The van der Waals surface area contributed by atoms with Crippen LogP contribution in [0.4, 0.5) is 34.1 Å². The van der Waals surface area contributed by atoms with Crippen LogP contribution in [0.2, 0.25) is 0 Å². The van der Waals surface area contributed by atoms with Gasteiger partial charge in [0.25, 0.3) is 0 Å². The van der Waals surface area contributed by atoms with Gasteiger partial charge < -0.3 is 25.2 Å². The Bertz CT molecular complexity index is 674. The van der Waals surface area contributed by atoms with Gasteiger partial charge in [-0.15, -0.1) is 0 Å². The van der Waals surface area contributed by atoms with Crippen molar-refractivity contribution in [2.24, 2.45) is 0 Å². The zero-order chi connectivity index (χ0) is 20.8. The lowest BCUT2D eigenvalue weighted by Crippen LogP contribution is -2.42. The van der Waals surface area contributed by atoms with E-state index in [0.29, 0.717) is 0 Å². The van der Waals surface area contributed by atoms with Crippen LogP contribution in [0, 0.1) is 0 Å². The van der Waals surface area contributed by atoms with Crippen LogP contribution in [0.5, 0.6) is 5.75 Å². The van der Waals surface area contributed by atoms with Crippen molar-refractivity contribution in [1.82, 2.24) is 5.32 Å². The first-order valence-corrected chi connectivity index (χ1v) is 7.79. The fourth-order valence-electron chi connectivity index (χ4n) is 1.78. The average Bonchev–Trinajstić information content (AvgIpc) is 2.50. The number of hydrogen-bond acceptors (Lipinski definition) is 5. The summed E-state index contributed by atoms with van der Waals surface area (Å²) < 4.78 is 46.9. The van der Waals surface area contributed by atoms with E-state index >= 15 is 0 Å². The first-order valence-electron chi connectivity index (χ1n) is 7.79. The van der Waals surface area contributed by atoms with Crippen molar-refractivity contribution in [2.75, 3.05) is 24.3 Å². The second kappa shape index (κ2) is 8.80. The van der Waals surface area contributed by atoms with Gasteiger partial charge in [0.15, 0.2) is 6.10 Å². The summed E-state index contributed by atoms with van der Waals surface area (Å²) in [4.78, 5) is 23.6. The predicted molar refractivity (Wildman–Crippen MR) is 91.9 cm³/mol. The third kappa shape index (κ3) is 8.03. The average molecular weight is 393 g/mol. The quantitative estimate of drug-likeness (QED) is 0.615. The van der Waals surface area contributed by atoms with Crippen molar-refractivity contribution in [2.45, 2.75) is 38.7 Å². The van der Waals surface area contributed by atoms with Gasteiger partial charge in [0.2, 0.25) is 0 Å². The Kier molecular flexibility index (Phi) is 7.28. The van der Waals surface area contributed by atoms with E-state index in [-0.39, 0.29) is 17.1 Å². The maximum atomic E-state index is 12.2. The number of benzene rings is 1. The van der Waals surface area contributed by atoms with Crippen molar-refractivity contribution in [3.8, 4) is 5.75 Å². The standard InChI is InChI=1S/C16H22F3N3O5/c1-15(2,3)27-14(25)22-10-7-9(5-6-11(10)26-4)21-13(24)20-8-12(23)16(17,18)19/h5-7,12,23H,8H2,1-4H3,(H,22,25)(H2,20,21,24)/t12-/m1/s1. The fourth-order valence-corrected chi connectivity index (χ4v) is 1.78. The SMILES string of the molecule is COc1ccc(NC(=O)NC[C@@H](O)C(F)(F)F)cc1NC(=O)OC(C)(C)C. The summed E-state index contributed by atoms with van der Waals surface area (Å²) in [5.74, 6) is 0.277. The van der Waals surface area contributed by atoms with Crippen molar-refractivity contribution >= 4 is 23.5 Å². The van der Waals surface area contributed by atoms with Gasteiger partial charge in [-0.05, 0) is 39.0 Å². The van der Waals surface area contributed by atoms with Gasteiger partial charge in [-0.1, -0.05) is 0 Å². The van der Waals surface area contributed by atoms with E-state index in [0.717, 1.165) is 0 Å². The molecule has 0 saturated heterocycles. The number of rotatable bonds is 5. The molecule has 0 heterocycles. The lowest BCUT2D eigenvalue weighted by Gasteiger charge is -2.20. The van der Waals surface area contributed by atoms with E-state index in [1.165, 1.54) is 25.3 Å². The highest BCUT2D eigenvalue weighted by Gasteiger charge is 2.38. The molecule has 0 spiro atoms. The van der Waals surface area contributed by atoms with E-state index in [4.69, 9.17) is 14.6 Å². The predicted octanol–water partition coefficient (Wildman–Crippen LogP) is 3.09. The maximum absolute atomic E-state index is 12.2. The summed E-state index contributed by atoms with van der Waals surface area (Å²) in [7, 11) is 1.37. The Morgan fingerprint density at radius 2 is 1.81 bits per heavy atom. The molecule has 3 amide bonds. The molecular weight excluding hydrogens is 371 g/mol. The molecule has 0 radical (unpaired) electrons. The monoisotopic (exact) mass is 393 g/mol. The van der Waals surface area contributed by atoms with Crippen LogP contribution in [0.1, 0.15) is 20.8 Å². The van der Waals surface area contributed by atoms with Crippen molar-refractivity contribution in [1.29, 1.82) is 0 Å². The maximum Gasteiger partial charge on any atom is 0.416 e. The highest BCUT2D eigenvalue weighted by atomic mass is 19.4. The Morgan fingerprint density at radius 3 is 2.33 bits per heavy atom. The molecule has 1 aromatic rings. The molecule has 0 aliphatic rings. The molecule has 27 heavy (non-hydrogen) atoms. The molecule has 0 unspecified atom stereocenters. The number of hydrogen-bond donors (Lipinski definition) is 4. The summed E-state index contributed by atoms with van der Waals surface area (Å²) in [6.07, 6.45) is -8.27. The van der Waals surface area contributed by atoms with E-state index < -0.39 is 36.6 Å². The van der Waals surface area contributed by atoms with Gasteiger partial charge in [0, 0.05) is 5.69 Å². The Balaban J connectivity index is 2.77. The van der Waals surface area contributed by atoms with Crippen LogP contribution >= 0.6 is 0 Å². The van der Waals surface area contributed by atoms with Crippen LogP contribution in [-0.2, 0) is 4.74 Å². The normalized spacial score (nSPS) is 12.7. The lowest BCUT2D eigenvalue weighted by molar-refractivity contribution is -0.201. The van der Waals surface area contributed by atoms with E-state index in [1.807, 2.05) is 5.32 Å². The highest BCUT2D eigenvalue weighted by Crippen LogP contribution is 2.28. The minimum Gasteiger partial charge on any atom is -0.495 e. The Morgan fingerprint density at radius 1 is 1.19 bits per heavy atom. The number of methoxy groups -OCH3 is 1. The van der Waals surface area contributed by atoms with E-state index in [2.05, 4.69) is 10.6 Å². The molecular formula is C16H22F3N3O5. The topological polar surface area (TPSA) is 109 Å². The minimum atomic E-state index is -4.84. The second-order valence-electron chi connectivity index (χ2n) is 6.43. The van der Waals surface area contributed by atoms with Gasteiger partial charge in [0.1, 0.15) is 11.4 Å². The Labute approximate surface area is 154 Å². The van der Waals surface area contributed by atoms with Gasteiger partial charge in [-0.2, -0.15) is 13.2 Å². The number of urea groups is 1. The molecule has 4 N–H and O–H groups in total. The van der Waals surface area contributed by atoms with Crippen molar-refractivity contribution in [3.05, 3.63) is 18.2 Å². The first kappa shape index (κ1) is 22.4. The molecule has 0 aliphatic carbocycles. The van der Waals surface area contributed by atoms with Crippen molar-refractivity contribution < 1.29 is 37.3 Å². The largest absolute Gasteiger partial charge is 0.495 e. The minimum absolute atomic E-state index is 0.167. The summed E-state index contributed by atoms with van der Waals surface area (Å²) >= 11 is 0. The molecule has 152 valence electrons. The lowest BCUT2D eigenvalue weighted by atomic mass is 10.2. The number of aliphatic hydroxyl groups excluding tert-OH is 1. The number of ether oxygens (including phenoxy) is 2. The van der Waals surface area contributed by atoms with Crippen molar-refractivity contribution in [3.63, 3.8) is 0 Å². The molecule has 0 aromatic heterocycles. The van der Waals surface area contributed by atoms with Gasteiger partial charge in [0.05, 0.1) is 19.3 Å². The summed E-state index contributed by atoms with van der Waals surface area (Å²) in [6.45, 7) is 4.04. The van der Waals surface area contributed by atoms with Crippen LogP contribution in [0.15, 0.2) is 18.2 Å². The molecule has 0 bridgehead atoms. The van der Waals surface area contributed by atoms with Gasteiger partial charge in [-0.25, -0.2) is 9.59 Å². The second-order valence-corrected chi connectivity index (χ2v) is 6.43. The zero-order valence-corrected chi connectivity index (χ0v) is 15.2. The van der Waals surface area contributed by atoms with Crippen LogP contribution < -0.4 is 20.7 Å². The number of anilines is 2. The number of carbonyl (C=O) groups excluding carboxylic acids is 2. The van der Waals surface area contributed by atoms with Crippen LogP contribution in [0.25, 0.3) is 0 Å². The summed E-state index contributed by atoms with van der Waals surface area (Å²) in [5, 5.41) is 15.5. The summed E-state index contributed by atoms with van der Waals surface area (Å²) in [5.41, 5.74) is -0.382. The Hall–Kier alpha value is -2.69. The number of carbonyl (C=O) groups is 2. The third-order valence-corrected chi connectivity index (χ3v) is 2.93. The van der Waals surface area contributed by atoms with Crippen LogP contribution in [-0.4, -0.2) is 48.8 Å². The fraction of sp³-hybridized carbons (Fsp3) is 0.500. The number of amides is 3. The molecule has 1 atom stereocenters. The molecule has 0 aliphatic heterocycles. The van der Waals surface area contributed by atoms with Gasteiger partial charge in [-0.3, -0.25) is 5.32 Å². The van der Waals surface area contributed by atoms with Crippen LogP contribution in [0.3, 0.4) is 0 Å². The summed E-state index contributed by atoms with van der Waals surface area (Å²) in [6, 6.07) is 3.22. The van der Waals surface area contributed by atoms with Gasteiger partial charge >= 0.3 is 18.3 Å². The molecule has 1 rings (SSSR count). The number of alkyl halides is 3.